The van der Waals surface area contributed by atoms with E-state index < -0.39 is 12.1 Å². The number of urea groups is 1. The number of nitrogens with two attached hydrogens (primary N) is 1. The van der Waals surface area contributed by atoms with Gasteiger partial charge in [-0.1, -0.05) is 32.4 Å². The number of amides is 3. The predicted octanol–water partition coefficient (Wildman–Crippen LogP) is 2.42. The van der Waals surface area contributed by atoms with Crippen molar-refractivity contribution in [2.24, 2.45) is 23.0 Å². The molecule has 0 aromatic carbocycles. The van der Waals surface area contributed by atoms with E-state index in [1.807, 2.05) is 12.2 Å². The lowest BCUT2D eigenvalue weighted by atomic mass is 9.68. The van der Waals surface area contributed by atoms with Gasteiger partial charge in [0.1, 0.15) is 0 Å². The molecular formula is C13H22N2O3. The first-order valence-electron chi connectivity index (χ1n) is 6.15. The lowest BCUT2D eigenvalue weighted by molar-refractivity contribution is 0.118. The van der Waals surface area contributed by atoms with Gasteiger partial charge in [-0.3, -0.25) is 0 Å². The van der Waals surface area contributed by atoms with Crippen LogP contribution in [-0.2, 0) is 4.74 Å². The van der Waals surface area contributed by atoms with Crippen LogP contribution in [0.15, 0.2) is 11.6 Å². The summed E-state index contributed by atoms with van der Waals surface area (Å²) in [6, 6.07) is -0.898. The van der Waals surface area contributed by atoms with Crippen molar-refractivity contribution in [3.05, 3.63) is 11.6 Å². The van der Waals surface area contributed by atoms with E-state index in [2.05, 4.69) is 26.8 Å². The molecule has 1 rings (SSSR count). The molecule has 2 atom stereocenters. The maximum Gasteiger partial charge on any atom is 0.415 e. The van der Waals surface area contributed by atoms with Crippen LogP contribution in [0, 0.1) is 17.3 Å². The quantitative estimate of drug-likeness (QED) is 0.742. The number of allylic oxidation sites excluding steroid dienone is 1. The van der Waals surface area contributed by atoms with E-state index in [-0.39, 0.29) is 17.9 Å². The molecule has 18 heavy (non-hydrogen) atoms. The van der Waals surface area contributed by atoms with Crippen LogP contribution in [0.3, 0.4) is 0 Å². The normalized spacial score (nSPS) is 26.1. The number of imide groups is 1. The van der Waals surface area contributed by atoms with Crippen molar-refractivity contribution in [1.82, 2.24) is 5.32 Å². The molecule has 3 N–H and O–H groups in total. The smallest absolute Gasteiger partial charge is 0.415 e. The van der Waals surface area contributed by atoms with Gasteiger partial charge in [0.05, 0.1) is 6.61 Å². The Balaban J connectivity index is 2.54. The van der Waals surface area contributed by atoms with Gasteiger partial charge in [0.2, 0.25) is 0 Å². The molecule has 0 aromatic heterocycles. The van der Waals surface area contributed by atoms with Crippen molar-refractivity contribution >= 4 is 12.1 Å². The Morgan fingerprint density at radius 3 is 2.72 bits per heavy atom. The number of carbonyl (C=O) groups is 2. The summed E-state index contributed by atoms with van der Waals surface area (Å²) in [7, 11) is 0. The molecule has 3 amide bonds. The van der Waals surface area contributed by atoms with E-state index in [1.165, 1.54) is 5.57 Å². The van der Waals surface area contributed by atoms with E-state index in [0.717, 1.165) is 6.42 Å². The van der Waals surface area contributed by atoms with Gasteiger partial charge in [0, 0.05) is 5.92 Å². The highest BCUT2D eigenvalue weighted by Crippen LogP contribution is 2.41. The fourth-order valence-electron chi connectivity index (χ4n) is 2.28. The van der Waals surface area contributed by atoms with Gasteiger partial charge < -0.3 is 10.5 Å². The summed E-state index contributed by atoms with van der Waals surface area (Å²) < 4.78 is 4.99. The number of hydrogen-bond acceptors (Lipinski definition) is 3. The minimum atomic E-state index is -0.898. The highest BCUT2D eigenvalue weighted by Gasteiger charge is 2.32. The summed E-state index contributed by atoms with van der Waals surface area (Å²) in [5, 5.41) is 1.88. The third-order valence-corrected chi connectivity index (χ3v) is 3.79. The lowest BCUT2D eigenvalue weighted by Crippen LogP contribution is -2.37. The predicted molar refractivity (Wildman–Crippen MR) is 68.9 cm³/mol. The summed E-state index contributed by atoms with van der Waals surface area (Å²) in [4.78, 5) is 21.6. The van der Waals surface area contributed by atoms with E-state index in [1.54, 1.807) is 0 Å². The molecule has 102 valence electrons. The van der Waals surface area contributed by atoms with Crippen LogP contribution in [0.1, 0.15) is 34.1 Å². The Labute approximate surface area is 108 Å². The summed E-state index contributed by atoms with van der Waals surface area (Å²) in [6.07, 6.45) is 2.42. The van der Waals surface area contributed by atoms with Crippen LogP contribution in [-0.4, -0.2) is 18.7 Å². The number of hydrogen-bond donors (Lipinski definition) is 2. The maximum atomic E-state index is 11.2. The van der Waals surface area contributed by atoms with Crippen LogP contribution < -0.4 is 11.1 Å². The fourth-order valence-corrected chi connectivity index (χ4v) is 2.28. The Kier molecular flexibility index (Phi) is 4.38. The van der Waals surface area contributed by atoms with E-state index >= 15 is 0 Å². The molecule has 0 fully saturated rings. The molecule has 0 bridgehead atoms. The van der Waals surface area contributed by atoms with Gasteiger partial charge in [0.25, 0.3) is 0 Å². The Hall–Kier alpha value is -1.52. The second-order valence-electron chi connectivity index (χ2n) is 5.63. The first-order chi connectivity index (χ1) is 8.22. The summed E-state index contributed by atoms with van der Waals surface area (Å²) in [6.45, 7) is 8.94. The van der Waals surface area contributed by atoms with Crippen LogP contribution in [0.2, 0.25) is 0 Å². The number of carbonyl (C=O) groups excluding carboxylic acids is 2. The molecule has 0 saturated heterocycles. The zero-order valence-electron chi connectivity index (χ0n) is 11.4. The van der Waals surface area contributed by atoms with Crippen molar-refractivity contribution in [2.75, 3.05) is 6.61 Å². The van der Waals surface area contributed by atoms with Crippen molar-refractivity contribution in [3.63, 3.8) is 0 Å². The molecular weight excluding hydrogens is 232 g/mol. The van der Waals surface area contributed by atoms with Crippen LogP contribution in [0.4, 0.5) is 9.59 Å². The molecule has 0 radical (unpaired) electrons. The third kappa shape index (κ3) is 3.75. The fraction of sp³-hybridized carbons (Fsp3) is 0.692. The van der Waals surface area contributed by atoms with E-state index in [9.17, 15) is 9.59 Å². The average molecular weight is 254 g/mol. The minimum Gasteiger partial charge on any atom is -0.449 e. The van der Waals surface area contributed by atoms with Crippen molar-refractivity contribution in [1.29, 1.82) is 0 Å². The molecule has 2 unspecified atom stereocenters. The van der Waals surface area contributed by atoms with Gasteiger partial charge >= 0.3 is 12.1 Å². The third-order valence-electron chi connectivity index (χ3n) is 3.79. The number of alkyl carbamates (subject to hydrolysis) is 1. The topological polar surface area (TPSA) is 81.4 Å². The number of rotatable bonds is 2. The zero-order valence-corrected chi connectivity index (χ0v) is 11.4. The molecule has 0 spiro atoms. The van der Waals surface area contributed by atoms with Gasteiger partial charge in [-0.05, 0) is 24.7 Å². The molecule has 0 aromatic rings. The van der Waals surface area contributed by atoms with Gasteiger partial charge in [-0.2, -0.15) is 0 Å². The Bertz CT molecular complexity index is 374. The molecule has 0 saturated carbocycles. The molecule has 0 aliphatic heterocycles. The molecule has 0 heterocycles. The summed E-state index contributed by atoms with van der Waals surface area (Å²) in [5.74, 6) is 0.737. The van der Waals surface area contributed by atoms with Crippen molar-refractivity contribution < 1.29 is 14.3 Å². The SMILES string of the molecule is CC1=CC(C)(C)C(C)CC1COC(=O)NC(N)=O. The molecule has 5 nitrogen and oxygen atoms in total. The summed E-state index contributed by atoms with van der Waals surface area (Å²) >= 11 is 0. The molecule has 5 heteroatoms. The Morgan fingerprint density at radius 2 is 2.17 bits per heavy atom. The highest BCUT2D eigenvalue weighted by atomic mass is 16.5. The van der Waals surface area contributed by atoms with E-state index in [0.29, 0.717) is 5.92 Å². The molecule has 1 aliphatic carbocycles. The minimum absolute atomic E-state index is 0.177. The van der Waals surface area contributed by atoms with Crippen LogP contribution in [0.5, 0.6) is 0 Å². The standard InChI is InChI=1S/C13H22N2O3/c1-8-6-13(3,4)9(2)5-10(8)7-18-12(17)15-11(14)16/h6,9-10H,5,7H2,1-4H3,(H3,14,15,16,17). The molecule has 1 aliphatic rings. The number of primary amides is 1. The highest BCUT2D eigenvalue weighted by molar-refractivity contribution is 5.89. The van der Waals surface area contributed by atoms with E-state index in [4.69, 9.17) is 10.5 Å². The zero-order chi connectivity index (χ0) is 13.9. The Morgan fingerprint density at radius 1 is 1.56 bits per heavy atom. The van der Waals surface area contributed by atoms with Gasteiger partial charge in [-0.25, -0.2) is 14.9 Å². The first kappa shape index (κ1) is 14.5. The number of ether oxygens (including phenoxy) is 1. The average Bonchev–Trinajstić information content (AvgIpc) is 2.20. The lowest BCUT2D eigenvalue weighted by Gasteiger charge is -2.38. The first-order valence-corrected chi connectivity index (χ1v) is 6.15. The van der Waals surface area contributed by atoms with Crippen molar-refractivity contribution in [3.8, 4) is 0 Å². The maximum absolute atomic E-state index is 11.2. The van der Waals surface area contributed by atoms with Crippen molar-refractivity contribution in [2.45, 2.75) is 34.1 Å². The second-order valence-corrected chi connectivity index (χ2v) is 5.63. The van der Waals surface area contributed by atoms with Gasteiger partial charge in [0.15, 0.2) is 0 Å². The number of nitrogens with one attached hydrogen (secondary N) is 1. The monoisotopic (exact) mass is 254 g/mol. The summed E-state index contributed by atoms with van der Waals surface area (Å²) in [5.41, 5.74) is 6.23. The van der Waals surface area contributed by atoms with Crippen LogP contribution >= 0.6 is 0 Å². The van der Waals surface area contributed by atoms with Gasteiger partial charge in [-0.15, -0.1) is 0 Å². The largest absolute Gasteiger partial charge is 0.449 e. The van der Waals surface area contributed by atoms with Crippen LogP contribution in [0.25, 0.3) is 0 Å². The second kappa shape index (κ2) is 5.42.